The maximum absolute atomic E-state index is 11.8. The minimum atomic E-state index is -0.589. The SMILES string of the molecule is COCC(N)C(=O)NC1CCN(c2ccccn2)CC1.Cl.Cl. The van der Waals surface area contributed by atoms with Crippen LogP contribution in [0.5, 0.6) is 0 Å². The van der Waals surface area contributed by atoms with Crippen LogP contribution in [0.3, 0.4) is 0 Å². The van der Waals surface area contributed by atoms with E-state index >= 15 is 0 Å². The van der Waals surface area contributed by atoms with Crippen LogP contribution >= 0.6 is 24.8 Å². The predicted octanol–water partition coefficient (Wildman–Crippen LogP) is 0.984. The molecule has 22 heavy (non-hydrogen) atoms. The molecule has 126 valence electrons. The fourth-order valence-corrected chi connectivity index (χ4v) is 2.36. The molecule has 2 rings (SSSR count). The first-order chi connectivity index (χ1) is 9.70. The standard InChI is InChI=1S/C14H22N4O2.2ClH/c1-20-10-12(15)14(19)17-11-5-8-18(9-6-11)13-4-2-3-7-16-13;;/h2-4,7,11-12H,5-6,8-10,15H2,1H3,(H,17,19);2*1H. The predicted molar refractivity (Wildman–Crippen MR) is 92.0 cm³/mol. The highest BCUT2D eigenvalue weighted by Gasteiger charge is 2.23. The molecule has 1 aliphatic heterocycles. The second-order valence-corrected chi connectivity index (χ2v) is 5.02. The molecule has 1 atom stereocenters. The maximum Gasteiger partial charge on any atom is 0.239 e. The minimum absolute atomic E-state index is 0. The van der Waals surface area contributed by atoms with Crippen molar-refractivity contribution < 1.29 is 9.53 Å². The highest BCUT2D eigenvalue weighted by Crippen LogP contribution is 2.17. The number of pyridine rings is 1. The molecule has 1 unspecified atom stereocenters. The molecule has 8 heteroatoms. The number of aromatic nitrogens is 1. The van der Waals surface area contributed by atoms with Gasteiger partial charge in [0.05, 0.1) is 6.61 Å². The van der Waals surface area contributed by atoms with Gasteiger partial charge in [-0.15, -0.1) is 24.8 Å². The van der Waals surface area contributed by atoms with E-state index in [2.05, 4.69) is 15.2 Å². The Morgan fingerprint density at radius 3 is 2.68 bits per heavy atom. The number of nitrogens with two attached hydrogens (primary N) is 1. The van der Waals surface area contributed by atoms with E-state index in [9.17, 15) is 4.79 Å². The molecule has 2 heterocycles. The Balaban J connectivity index is 0.00000220. The van der Waals surface area contributed by atoms with Crippen LogP contribution in [-0.2, 0) is 9.53 Å². The summed E-state index contributed by atoms with van der Waals surface area (Å²) >= 11 is 0. The molecule has 1 aromatic heterocycles. The first-order valence-corrected chi connectivity index (χ1v) is 6.91. The third-order valence-corrected chi connectivity index (χ3v) is 3.50. The van der Waals surface area contributed by atoms with E-state index in [-0.39, 0.29) is 43.4 Å². The number of carbonyl (C=O) groups excluding carboxylic acids is 1. The average molecular weight is 351 g/mol. The average Bonchev–Trinajstić information content (AvgIpc) is 2.49. The minimum Gasteiger partial charge on any atom is -0.383 e. The van der Waals surface area contributed by atoms with Crippen molar-refractivity contribution in [2.24, 2.45) is 5.73 Å². The van der Waals surface area contributed by atoms with E-state index in [0.717, 1.165) is 31.7 Å². The van der Waals surface area contributed by atoms with Crippen molar-refractivity contribution in [3.63, 3.8) is 0 Å². The van der Waals surface area contributed by atoms with Gasteiger partial charge in [-0.05, 0) is 25.0 Å². The molecule has 3 N–H and O–H groups in total. The molecule has 1 saturated heterocycles. The largest absolute Gasteiger partial charge is 0.383 e. The number of halogens is 2. The Kier molecular flexibility index (Phi) is 10.1. The van der Waals surface area contributed by atoms with Crippen molar-refractivity contribution in [1.29, 1.82) is 0 Å². The summed E-state index contributed by atoms with van der Waals surface area (Å²) < 4.78 is 4.89. The van der Waals surface area contributed by atoms with Crippen molar-refractivity contribution in [2.45, 2.75) is 24.9 Å². The lowest BCUT2D eigenvalue weighted by Gasteiger charge is -2.33. The Morgan fingerprint density at radius 1 is 1.45 bits per heavy atom. The monoisotopic (exact) mass is 350 g/mol. The Labute approximate surface area is 143 Å². The molecule has 0 aliphatic carbocycles. The van der Waals surface area contributed by atoms with E-state index < -0.39 is 6.04 Å². The van der Waals surface area contributed by atoms with Crippen molar-refractivity contribution in [1.82, 2.24) is 10.3 Å². The zero-order valence-electron chi connectivity index (χ0n) is 12.6. The normalized spacial score (nSPS) is 16.2. The molecule has 6 nitrogen and oxygen atoms in total. The lowest BCUT2D eigenvalue weighted by atomic mass is 10.0. The number of methoxy groups -OCH3 is 1. The Morgan fingerprint density at radius 2 is 2.14 bits per heavy atom. The molecule has 0 radical (unpaired) electrons. The number of nitrogens with zero attached hydrogens (tertiary/aromatic N) is 2. The van der Waals surface area contributed by atoms with Crippen LogP contribution in [0, 0.1) is 0 Å². The number of nitrogens with one attached hydrogen (secondary N) is 1. The molecular formula is C14H24Cl2N4O2. The van der Waals surface area contributed by atoms with Crippen LogP contribution in [0.25, 0.3) is 0 Å². The summed E-state index contributed by atoms with van der Waals surface area (Å²) in [5, 5.41) is 2.98. The molecule has 0 bridgehead atoms. The summed E-state index contributed by atoms with van der Waals surface area (Å²) in [6.45, 7) is 2.03. The van der Waals surface area contributed by atoms with Gasteiger partial charge in [-0.3, -0.25) is 4.79 Å². The van der Waals surface area contributed by atoms with Crippen molar-refractivity contribution >= 4 is 36.5 Å². The number of hydrogen-bond acceptors (Lipinski definition) is 5. The summed E-state index contributed by atoms with van der Waals surface area (Å²) in [5.41, 5.74) is 5.71. The van der Waals surface area contributed by atoms with Crippen LogP contribution in [-0.4, -0.2) is 49.8 Å². The quantitative estimate of drug-likeness (QED) is 0.827. The van der Waals surface area contributed by atoms with Gasteiger partial charge >= 0.3 is 0 Å². The topological polar surface area (TPSA) is 80.5 Å². The molecule has 1 aromatic rings. The lowest BCUT2D eigenvalue weighted by molar-refractivity contribution is -0.124. The Hall–Kier alpha value is -1.08. The zero-order valence-corrected chi connectivity index (χ0v) is 14.2. The van der Waals surface area contributed by atoms with Crippen molar-refractivity contribution in [3.05, 3.63) is 24.4 Å². The molecule has 1 amide bonds. The maximum atomic E-state index is 11.8. The molecular weight excluding hydrogens is 327 g/mol. The summed E-state index contributed by atoms with van der Waals surface area (Å²) in [4.78, 5) is 18.4. The zero-order chi connectivity index (χ0) is 14.4. The highest BCUT2D eigenvalue weighted by molar-refractivity contribution is 5.85. The number of amides is 1. The van der Waals surface area contributed by atoms with E-state index in [1.54, 1.807) is 13.3 Å². The number of hydrogen-bond donors (Lipinski definition) is 2. The van der Waals surface area contributed by atoms with Gasteiger partial charge in [0.25, 0.3) is 0 Å². The van der Waals surface area contributed by atoms with Crippen LogP contribution in [0.1, 0.15) is 12.8 Å². The molecule has 0 aromatic carbocycles. The number of carbonyl (C=O) groups is 1. The first kappa shape index (κ1) is 20.9. The summed E-state index contributed by atoms with van der Waals surface area (Å²) in [6.07, 6.45) is 3.61. The van der Waals surface area contributed by atoms with Gasteiger partial charge < -0.3 is 20.7 Å². The van der Waals surface area contributed by atoms with Crippen LogP contribution in [0.4, 0.5) is 5.82 Å². The number of piperidine rings is 1. The third-order valence-electron chi connectivity index (χ3n) is 3.50. The number of rotatable bonds is 5. The lowest BCUT2D eigenvalue weighted by Crippen LogP contribution is -2.51. The third kappa shape index (κ3) is 5.96. The van der Waals surface area contributed by atoms with Gasteiger partial charge in [0.1, 0.15) is 11.9 Å². The van der Waals surface area contributed by atoms with Gasteiger partial charge in [0, 0.05) is 32.4 Å². The first-order valence-electron chi connectivity index (χ1n) is 6.91. The summed E-state index contributed by atoms with van der Waals surface area (Å²) in [6, 6.07) is 5.50. The van der Waals surface area contributed by atoms with Gasteiger partial charge in [-0.25, -0.2) is 4.98 Å². The van der Waals surface area contributed by atoms with Gasteiger partial charge in [-0.1, -0.05) is 6.07 Å². The molecule has 0 saturated carbocycles. The van der Waals surface area contributed by atoms with Crippen molar-refractivity contribution in [3.8, 4) is 0 Å². The van der Waals surface area contributed by atoms with Gasteiger partial charge in [0.15, 0.2) is 0 Å². The van der Waals surface area contributed by atoms with Crippen LogP contribution in [0.2, 0.25) is 0 Å². The molecule has 0 spiro atoms. The second-order valence-electron chi connectivity index (χ2n) is 5.02. The second kappa shape index (κ2) is 10.6. The van der Waals surface area contributed by atoms with Crippen LogP contribution in [0.15, 0.2) is 24.4 Å². The van der Waals surface area contributed by atoms with Crippen molar-refractivity contribution in [2.75, 3.05) is 31.7 Å². The van der Waals surface area contributed by atoms with Gasteiger partial charge in [0.2, 0.25) is 5.91 Å². The summed E-state index contributed by atoms with van der Waals surface area (Å²) in [7, 11) is 1.54. The fourth-order valence-electron chi connectivity index (χ4n) is 2.36. The Bertz CT molecular complexity index is 428. The number of anilines is 1. The fraction of sp³-hybridized carbons (Fsp3) is 0.571. The van der Waals surface area contributed by atoms with E-state index in [1.165, 1.54) is 0 Å². The van der Waals surface area contributed by atoms with E-state index in [1.807, 2.05) is 18.2 Å². The highest BCUT2D eigenvalue weighted by atomic mass is 35.5. The smallest absolute Gasteiger partial charge is 0.239 e. The van der Waals surface area contributed by atoms with E-state index in [0.29, 0.717) is 0 Å². The van der Waals surface area contributed by atoms with E-state index in [4.69, 9.17) is 10.5 Å². The van der Waals surface area contributed by atoms with Gasteiger partial charge in [-0.2, -0.15) is 0 Å². The number of ether oxygens (including phenoxy) is 1. The summed E-state index contributed by atoms with van der Waals surface area (Å²) in [5.74, 6) is 0.858. The molecule has 1 aliphatic rings. The molecule has 1 fully saturated rings. The van der Waals surface area contributed by atoms with Crippen LogP contribution < -0.4 is 16.0 Å².